The van der Waals surface area contributed by atoms with Crippen LogP contribution in [-0.2, 0) is 0 Å². The van der Waals surface area contributed by atoms with Gasteiger partial charge in [-0.2, -0.15) is 5.26 Å². The van der Waals surface area contributed by atoms with Crippen molar-refractivity contribution in [2.75, 3.05) is 5.32 Å². The molecule has 0 radical (unpaired) electrons. The van der Waals surface area contributed by atoms with Crippen LogP contribution in [0.4, 0.5) is 5.69 Å². The summed E-state index contributed by atoms with van der Waals surface area (Å²) in [5.74, 6) is 0. The van der Waals surface area contributed by atoms with Gasteiger partial charge in [0.05, 0.1) is 28.4 Å². The second kappa shape index (κ2) is 5.72. The minimum atomic E-state index is 0.173. The fourth-order valence-electron chi connectivity index (χ4n) is 2.00. The molecule has 1 aromatic heterocycles. The molecule has 1 unspecified atom stereocenters. The number of nitrogens with one attached hydrogen (secondary N) is 1. The van der Waals surface area contributed by atoms with Gasteiger partial charge in [0.15, 0.2) is 0 Å². The van der Waals surface area contributed by atoms with E-state index in [1.807, 2.05) is 26.0 Å². The summed E-state index contributed by atoms with van der Waals surface area (Å²) in [6.45, 7) is 6.15. The standard InChI is InChI=1S/C14H14BrN3S/c1-8-14(19-10(3)17-8)9(2)18-13-5-11(7-16)4-12(15)6-13/h4-6,9,18H,1-3H3. The predicted octanol–water partition coefficient (Wildman–Crippen LogP) is 4.57. The van der Waals surface area contributed by atoms with E-state index in [1.165, 1.54) is 4.88 Å². The van der Waals surface area contributed by atoms with Crippen molar-refractivity contribution in [2.24, 2.45) is 0 Å². The van der Waals surface area contributed by atoms with E-state index in [0.717, 1.165) is 20.9 Å². The van der Waals surface area contributed by atoms with Crippen molar-refractivity contribution in [1.29, 1.82) is 5.26 Å². The first-order chi connectivity index (χ1) is 8.99. The number of aryl methyl sites for hydroxylation is 2. The van der Waals surface area contributed by atoms with Gasteiger partial charge < -0.3 is 5.32 Å². The Balaban J connectivity index is 2.24. The van der Waals surface area contributed by atoms with Gasteiger partial charge in [-0.1, -0.05) is 15.9 Å². The Morgan fingerprint density at radius 3 is 2.68 bits per heavy atom. The lowest BCUT2D eigenvalue weighted by Gasteiger charge is -2.15. The molecule has 1 N–H and O–H groups in total. The third kappa shape index (κ3) is 3.34. The van der Waals surface area contributed by atoms with Crippen LogP contribution in [0.2, 0.25) is 0 Å². The first-order valence-electron chi connectivity index (χ1n) is 5.90. The number of anilines is 1. The largest absolute Gasteiger partial charge is 0.378 e. The first-order valence-corrected chi connectivity index (χ1v) is 7.51. The highest BCUT2D eigenvalue weighted by Crippen LogP contribution is 2.29. The molecule has 0 aliphatic rings. The Hall–Kier alpha value is -1.38. The molecule has 19 heavy (non-hydrogen) atoms. The van der Waals surface area contributed by atoms with E-state index in [4.69, 9.17) is 5.26 Å². The van der Waals surface area contributed by atoms with Gasteiger partial charge in [0.25, 0.3) is 0 Å². The number of thiazole rings is 1. The molecule has 1 aromatic carbocycles. The van der Waals surface area contributed by atoms with Crippen LogP contribution < -0.4 is 5.32 Å². The summed E-state index contributed by atoms with van der Waals surface area (Å²) in [5, 5.41) is 13.5. The van der Waals surface area contributed by atoms with Crippen molar-refractivity contribution in [3.05, 3.63) is 43.8 Å². The predicted molar refractivity (Wildman–Crippen MR) is 82.5 cm³/mol. The average molecular weight is 336 g/mol. The number of halogens is 1. The Bertz CT molecular complexity index is 643. The Labute approximate surface area is 125 Å². The molecule has 0 saturated heterocycles. The van der Waals surface area contributed by atoms with Crippen molar-refractivity contribution in [3.8, 4) is 6.07 Å². The molecule has 0 saturated carbocycles. The molecular formula is C14H14BrN3S. The van der Waals surface area contributed by atoms with Gasteiger partial charge in [0, 0.05) is 15.0 Å². The molecule has 5 heteroatoms. The molecule has 0 aliphatic heterocycles. The van der Waals surface area contributed by atoms with Gasteiger partial charge in [0.1, 0.15) is 0 Å². The third-order valence-electron chi connectivity index (χ3n) is 2.74. The number of benzene rings is 1. The molecule has 0 fully saturated rings. The van der Waals surface area contributed by atoms with Crippen molar-refractivity contribution in [1.82, 2.24) is 4.98 Å². The molecule has 2 aromatic rings. The minimum Gasteiger partial charge on any atom is -0.378 e. The van der Waals surface area contributed by atoms with Gasteiger partial charge in [-0.15, -0.1) is 11.3 Å². The number of aromatic nitrogens is 1. The van der Waals surface area contributed by atoms with Gasteiger partial charge in [0.2, 0.25) is 0 Å². The maximum absolute atomic E-state index is 8.98. The van der Waals surface area contributed by atoms with Gasteiger partial charge >= 0.3 is 0 Å². The maximum atomic E-state index is 8.98. The smallest absolute Gasteiger partial charge is 0.0992 e. The zero-order valence-electron chi connectivity index (χ0n) is 11.0. The average Bonchev–Trinajstić information content (AvgIpc) is 2.67. The highest BCUT2D eigenvalue weighted by Gasteiger charge is 2.13. The summed E-state index contributed by atoms with van der Waals surface area (Å²) in [4.78, 5) is 5.67. The quantitative estimate of drug-likeness (QED) is 0.893. The van der Waals surface area contributed by atoms with Gasteiger partial charge in [-0.25, -0.2) is 4.98 Å². The third-order valence-corrected chi connectivity index (χ3v) is 4.46. The Kier molecular flexibility index (Phi) is 4.23. The highest BCUT2D eigenvalue weighted by molar-refractivity contribution is 9.10. The van der Waals surface area contributed by atoms with Crippen LogP contribution in [0.15, 0.2) is 22.7 Å². The lowest BCUT2D eigenvalue weighted by Crippen LogP contribution is -2.06. The number of nitrogens with zero attached hydrogens (tertiary/aromatic N) is 2. The fraction of sp³-hybridized carbons (Fsp3) is 0.286. The first kappa shape index (κ1) is 14.0. The second-order valence-corrected chi connectivity index (χ2v) is 6.54. The van der Waals surface area contributed by atoms with Crippen LogP contribution in [0, 0.1) is 25.2 Å². The normalized spacial score (nSPS) is 11.9. The summed E-state index contributed by atoms with van der Waals surface area (Å²) in [5.41, 5.74) is 2.64. The zero-order valence-corrected chi connectivity index (χ0v) is 13.4. The summed E-state index contributed by atoms with van der Waals surface area (Å²) < 4.78 is 0.901. The SMILES string of the molecule is Cc1nc(C)c(C(C)Nc2cc(Br)cc(C#N)c2)s1. The molecule has 98 valence electrons. The summed E-state index contributed by atoms with van der Waals surface area (Å²) in [6, 6.07) is 7.96. The van der Waals surface area contributed by atoms with E-state index in [-0.39, 0.29) is 6.04 Å². The topological polar surface area (TPSA) is 48.7 Å². The molecule has 0 amide bonds. The second-order valence-electron chi connectivity index (χ2n) is 4.39. The Morgan fingerprint density at radius 2 is 2.11 bits per heavy atom. The van der Waals surface area contributed by atoms with E-state index in [1.54, 1.807) is 17.4 Å². The van der Waals surface area contributed by atoms with Crippen molar-refractivity contribution >= 4 is 33.0 Å². The van der Waals surface area contributed by atoms with Crippen molar-refractivity contribution < 1.29 is 0 Å². The molecule has 2 rings (SSSR count). The van der Waals surface area contributed by atoms with E-state index in [2.05, 4.69) is 39.2 Å². The van der Waals surface area contributed by atoms with Crippen molar-refractivity contribution in [2.45, 2.75) is 26.8 Å². The molecule has 3 nitrogen and oxygen atoms in total. The number of nitriles is 1. The van der Waals surface area contributed by atoms with Crippen LogP contribution in [-0.4, -0.2) is 4.98 Å². The summed E-state index contributed by atoms with van der Waals surface area (Å²) >= 11 is 5.12. The lowest BCUT2D eigenvalue weighted by molar-refractivity contribution is 0.889. The number of hydrogen-bond acceptors (Lipinski definition) is 4. The molecular weight excluding hydrogens is 322 g/mol. The fourth-order valence-corrected chi connectivity index (χ4v) is 3.42. The van der Waals surface area contributed by atoms with E-state index in [0.29, 0.717) is 5.56 Å². The lowest BCUT2D eigenvalue weighted by atomic mass is 10.2. The van der Waals surface area contributed by atoms with Crippen molar-refractivity contribution in [3.63, 3.8) is 0 Å². The van der Waals surface area contributed by atoms with Crippen LogP contribution in [0.25, 0.3) is 0 Å². The Morgan fingerprint density at radius 1 is 1.37 bits per heavy atom. The van der Waals surface area contributed by atoms with E-state index >= 15 is 0 Å². The molecule has 1 atom stereocenters. The minimum absolute atomic E-state index is 0.173. The molecule has 0 spiro atoms. The monoisotopic (exact) mass is 335 g/mol. The summed E-state index contributed by atoms with van der Waals surface area (Å²) in [6.07, 6.45) is 0. The number of rotatable bonds is 3. The van der Waals surface area contributed by atoms with Gasteiger partial charge in [-0.05, 0) is 39.0 Å². The molecule has 0 aliphatic carbocycles. The van der Waals surface area contributed by atoms with Gasteiger partial charge in [-0.3, -0.25) is 0 Å². The zero-order chi connectivity index (χ0) is 14.0. The molecule has 0 bridgehead atoms. The van der Waals surface area contributed by atoms with E-state index < -0.39 is 0 Å². The van der Waals surface area contributed by atoms with E-state index in [9.17, 15) is 0 Å². The highest BCUT2D eigenvalue weighted by atomic mass is 79.9. The van der Waals surface area contributed by atoms with Crippen LogP contribution >= 0.6 is 27.3 Å². The van der Waals surface area contributed by atoms with Crippen LogP contribution in [0.3, 0.4) is 0 Å². The summed E-state index contributed by atoms with van der Waals surface area (Å²) in [7, 11) is 0. The molecule has 1 heterocycles. The van der Waals surface area contributed by atoms with Crippen LogP contribution in [0.5, 0.6) is 0 Å². The van der Waals surface area contributed by atoms with Crippen LogP contribution in [0.1, 0.15) is 34.1 Å². The number of hydrogen-bond donors (Lipinski definition) is 1. The maximum Gasteiger partial charge on any atom is 0.0992 e.